The number of benzene rings is 1. The molecule has 0 unspecified atom stereocenters. The number of amides is 1. The molecule has 0 aliphatic carbocycles. The van der Waals surface area contributed by atoms with E-state index in [2.05, 4.69) is 15.3 Å². The Bertz CT molecular complexity index is 1050. The van der Waals surface area contributed by atoms with Crippen LogP contribution in [0.25, 0.3) is 17.1 Å². The molecule has 3 aromatic rings. The van der Waals surface area contributed by atoms with Gasteiger partial charge >= 0.3 is 12.1 Å². The van der Waals surface area contributed by atoms with Crippen LogP contribution in [0.15, 0.2) is 60.4 Å². The van der Waals surface area contributed by atoms with E-state index in [-0.39, 0.29) is 12.3 Å². The fraction of sp³-hybridized carbons (Fsp3) is 0.143. The topological polar surface area (TPSA) is 99.6 Å². The zero-order valence-corrected chi connectivity index (χ0v) is 15.9. The minimum absolute atomic E-state index is 0.0675. The number of esters is 1. The highest BCUT2D eigenvalue weighted by molar-refractivity contribution is 5.99. The summed E-state index contributed by atoms with van der Waals surface area (Å²) < 4.78 is 15.1. The van der Waals surface area contributed by atoms with Gasteiger partial charge in [0.25, 0.3) is 0 Å². The summed E-state index contributed by atoms with van der Waals surface area (Å²) in [6.45, 7) is 0.0675. The van der Waals surface area contributed by atoms with Gasteiger partial charge in [0.15, 0.2) is 0 Å². The molecule has 1 aromatic carbocycles. The van der Waals surface area contributed by atoms with Crippen molar-refractivity contribution in [2.75, 3.05) is 14.2 Å². The summed E-state index contributed by atoms with van der Waals surface area (Å²) in [7, 11) is 2.73. The highest BCUT2D eigenvalue weighted by atomic mass is 16.6. The quantitative estimate of drug-likeness (QED) is 0.507. The molecule has 3 rings (SSSR count). The summed E-state index contributed by atoms with van der Waals surface area (Å²) >= 11 is 0. The first-order valence-electron chi connectivity index (χ1n) is 8.68. The fourth-order valence-corrected chi connectivity index (χ4v) is 2.54. The van der Waals surface area contributed by atoms with Gasteiger partial charge in [0, 0.05) is 17.8 Å². The number of ether oxygens (including phenoxy) is 3. The molecule has 0 atom stereocenters. The predicted molar refractivity (Wildman–Crippen MR) is 106 cm³/mol. The number of carbonyl (C=O) groups is 2. The number of carbonyl (C=O) groups excluding carboxylic acids is 2. The van der Waals surface area contributed by atoms with Crippen molar-refractivity contribution in [2.45, 2.75) is 6.61 Å². The number of nitrogens with zero attached hydrogens (tertiary/aromatic N) is 2. The molecule has 8 heteroatoms. The Hall–Kier alpha value is -3.94. The number of nitrogens with one attached hydrogen (secondary N) is 1. The first-order valence-corrected chi connectivity index (χ1v) is 8.68. The number of rotatable bonds is 6. The zero-order chi connectivity index (χ0) is 20.6. The minimum atomic E-state index is -0.783. The Kier molecular flexibility index (Phi) is 6.36. The molecule has 29 heavy (non-hydrogen) atoms. The molecule has 0 bridgehead atoms. The summed E-state index contributed by atoms with van der Waals surface area (Å²) in [5.74, 6) is -0.329. The van der Waals surface area contributed by atoms with Crippen LogP contribution >= 0.6 is 0 Å². The lowest BCUT2D eigenvalue weighted by molar-refractivity contribution is -0.136. The smallest absolute Gasteiger partial charge is 0.412 e. The number of pyridine rings is 2. The minimum Gasteiger partial charge on any atom is -0.481 e. The Morgan fingerprint density at radius 2 is 1.86 bits per heavy atom. The molecule has 0 aliphatic heterocycles. The van der Waals surface area contributed by atoms with E-state index in [1.165, 1.54) is 20.3 Å². The third-order valence-electron chi connectivity index (χ3n) is 3.95. The van der Waals surface area contributed by atoms with Crippen LogP contribution in [0.3, 0.4) is 0 Å². The van der Waals surface area contributed by atoms with Gasteiger partial charge in [-0.2, -0.15) is 0 Å². The van der Waals surface area contributed by atoms with Crippen molar-refractivity contribution in [2.24, 2.45) is 0 Å². The second kappa shape index (κ2) is 9.32. The van der Waals surface area contributed by atoms with E-state index in [0.717, 1.165) is 5.56 Å². The molecular formula is C21H19N3O5. The molecule has 0 aliphatic rings. The number of fused-ring (bicyclic) bond motifs is 1. The van der Waals surface area contributed by atoms with Crippen molar-refractivity contribution in [1.29, 1.82) is 0 Å². The molecule has 2 heterocycles. The van der Waals surface area contributed by atoms with Gasteiger partial charge in [-0.05, 0) is 23.8 Å². The molecule has 0 fully saturated rings. The number of aromatic nitrogens is 2. The van der Waals surface area contributed by atoms with Crippen molar-refractivity contribution in [1.82, 2.24) is 15.3 Å². The average molecular weight is 393 g/mol. The number of methoxy groups -OCH3 is 2. The second-order valence-electron chi connectivity index (χ2n) is 5.86. The number of hydrogen-bond donors (Lipinski definition) is 1. The second-order valence-corrected chi connectivity index (χ2v) is 5.86. The summed E-state index contributed by atoms with van der Waals surface area (Å²) in [5.41, 5.74) is 2.39. The lowest BCUT2D eigenvalue weighted by Crippen LogP contribution is -2.28. The van der Waals surface area contributed by atoms with Crippen LogP contribution in [0.2, 0.25) is 0 Å². The van der Waals surface area contributed by atoms with E-state index in [4.69, 9.17) is 14.2 Å². The zero-order valence-electron chi connectivity index (χ0n) is 15.9. The summed E-state index contributed by atoms with van der Waals surface area (Å²) in [4.78, 5) is 32.9. The maximum absolute atomic E-state index is 12.2. The van der Waals surface area contributed by atoms with Crippen LogP contribution in [0.1, 0.15) is 11.1 Å². The van der Waals surface area contributed by atoms with Crippen molar-refractivity contribution in [3.63, 3.8) is 0 Å². The van der Waals surface area contributed by atoms with Crippen LogP contribution in [-0.4, -0.2) is 36.3 Å². The molecule has 0 saturated carbocycles. The Morgan fingerprint density at radius 1 is 1.07 bits per heavy atom. The normalized spacial score (nSPS) is 11.0. The Balaban J connectivity index is 1.85. The largest absolute Gasteiger partial charge is 0.481 e. The lowest BCUT2D eigenvalue weighted by atomic mass is 10.1. The van der Waals surface area contributed by atoms with Gasteiger partial charge in [-0.1, -0.05) is 30.3 Å². The average Bonchev–Trinajstić information content (AvgIpc) is 2.77. The molecule has 148 valence electrons. The van der Waals surface area contributed by atoms with E-state index in [1.807, 2.05) is 30.3 Å². The maximum atomic E-state index is 12.2. The lowest BCUT2D eigenvalue weighted by Gasteiger charge is -2.10. The van der Waals surface area contributed by atoms with Crippen molar-refractivity contribution in [3.8, 4) is 5.88 Å². The number of alkyl carbamates (subject to hydrolysis) is 1. The molecule has 0 spiro atoms. The Morgan fingerprint density at radius 3 is 2.59 bits per heavy atom. The molecule has 8 nitrogen and oxygen atoms in total. The highest BCUT2D eigenvalue weighted by Gasteiger charge is 2.16. The SMILES string of the molecule is COC(=O)/C(=C/c1ccnc2ccc(OC)nc12)NC(=O)OCc1ccccc1. The summed E-state index contributed by atoms with van der Waals surface area (Å²) in [6.07, 6.45) is 2.24. The third kappa shape index (κ3) is 5.07. The molecule has 2 aromatic heterocycles. The predicted octanol–water partition coefficient (Wildman–Crippen LogP) is 3.08. The molecule has 1 N–H and O–H groups in total. The van der Waals surface area contributed by atoms with E-state index in [0.29, 0.717) is 22.5 Å². The monoisotopic (exact) mass is 393 g/mol. The van der Waals surface area contributed by atoms with Gasteiger partial charge in [-0.3, -0.25) is 10.3 Å². The standard InChI is InChI=1S/C21H19N3O5/c1-27-18-9-8-16-19(24-18)15(10-11-22-16)12-17(20(25)28-2)23-21(26)29-13-14-6-4-3-5-7-14/h3-12H,13H2,1-2H3,(H,23,26)/b17-12-. The van der Waals surface area contributed by atoms with Crippen LogP contribution in [0, 0.1) is 0 Å². The van der Waals surface area contributed by atoms with Crippen LogP contribution in [0.4, 0.5) is 4.79 Å². The van der Waals surface area contributed by atoms with Crippen molar-refractivity contribution < 1.29 is 23.8 Å². The van der Waals surface area contributed by atoms with E-state index < -0.39 is 12.1 Å². The van der Waals surface area contributed by atoms with Gasteiger partial charge in [0.05, 0.1) is 19.7 Å². The molecule has 0 radical (unpaired) electrons. The Labute approximate surface area is 167 Å². The number of hydrogen-bond acceptors (Lipinski definition) is 7. The van der Waals surface area contributed by atoms with E-state index in [9.17, 15) is 9.59 Å². The first kappa shape index (κ1) is 19.8. The highest BCUT2D eigenvalue weighted by Crippen LogP contribution is 2.20. The van der Waals surface area contributed by atoms with Gasteiger partial charge in [-0.15, -0.1) is 0 Å². The molecule has 0 saturated heterocycles. The third-order valence-corrected chi connectivity index (χ3v) is 3.95. The van der Waals surface area contributed by atoms with Crippen LogP contribution in [0.5, 0.6) is 5.88 Å². The summed E-state index contributed by atoms with van der Waals surface area (Å²) in [5, 5.41) is 2.43. The van der Waals surface area contributed by atoms with Crippen molar-refractivity contribution in [3.05, 3.63) is 71.6 Å². The van der Waals surface area contributed by atoms with Crippen LogP contribution in [-0.2, 0) is 20.9 Å². The first-order chi connectivity index (χ1) is 14.1. The summed E-state index contributed by atoms with van der Waals surface area (Å²) in [6, 6.07) is 14.3. The fourth-order valence-electron chi connectivity index (χ4n) is 2.54. The van der Waals surface area contributed by atoms with Gasteiger partial charge in [0.2, 0.25) is 5.88 Å². The van der Waals surface area contributed by atoms with E-state index >= 15 is 0 Å². The van der Waals surface area contributed by atoms with Crippen molar-refractivity contribution >= 4 is 29.2 Å². The maximum Gasteiger partial charge on any atom is 0.412 e. The van der Waals surface area contributed by atoms with Gasteiger partial charge in [0.1, 0.15) is 17.8 Å². The van der Waals surface area contributed by atoms with E-state index in [1.54, 1.807) is 24.4 Å². The molecule has 1 amide bonds. The van der Waals surface area contributed by atoms with Gasteiger partial charge < -0.3 is 14.2 Å². The molecular weight excluding hydrogens is 374 g/mol. The van der Waals surface area contributed by atoms with Gasteiger partial charge in [-0.25, -0.2) is 14.6 Å². The van der Waals surface area contributed by atoms with Crippen LogP contribution < -0.4 is 10.1 Å².